The van der Waals surface area contributed by atoms with Crippen molar-refractivity contribution in [1.29, 1.82) is 0 Å². The van der Waals surface area contributed by atoms with E-state index in [2.05, 4.69) is 15.9 Å². The zero-order valence-corrected chi connectivity index (χ0v) is 29.9. The lowest BCUT2D eigenvalue weighted by Gasteiger charge is -2.50. The largest absolute Gasteiger partial charge is 0.492 e. The van der Waals surface area contributed by atoms with Gasteiger partial charge in [0.1, 0.15) is 17.2 Å². The highest BCUT2D eigenvalue weighted by Gasteiger charge is 2.48. The van der Waals surface area contributed by atoms with E-state index in [0.717, 1.165) is 28.7 Å². The number of piperazine rings is 1. The van der Waals surface area contributed by atoms with Gasteiger partial charge in [0.2, 0.25) is 0 Å². The lowest BCUT2D eigenvalue weighted by Crippen LogP contribution is -2.65. The molecule has 2 bridgehead atoms. The molecule has 3 aromatic rings. The number of hydrogen-bond donors (Lipinski definition) is 1. The van der Waals surface area contributed by atoms with Crippen LogP contribution in [0.1, 0.15) is 50.3 Å². The Morgan fingerprint density at radius 2 is 1.67 bits per heavy atom. The molecule has 11 heteroatoms. The highest BCUT2D eigenvalue weighted by atomic mass is 79.9. The van der Waals surface area contributed by atoms with Crippen molar-refractivity contribution in [2.24, 2.45) is 0 Å². The number of halogens is 2. The summed E-state index contributed by atoms with van der Waals surface area (Å²) in [6.45, 7) is 6.37. The number of aryl methyl sites for hydroxylation is 1. The van der Waals surface area contributed by atoms with Crippen molar-refractivity contribution in [1.82, 2.24) is 14.7 Å². The predicted molar refractivity (Wildman–Crippen MR) is 189 cm³/mol. The summed E-state index contributed by atoms with van der Waals surface area (Å²) in [6, 6.07) is 20.8. The molecule has 0 saturated carbocycles. The minimum absolute atomic E-state index is 0.00826. The predicted octanol–water partition coefficient (Wildman–Crippen LogP) is 7.43. The third-order valence-corrected chi connectivity index (χ3v) is 9.40. The number of benzene rings is 3. The van der Waals surface area contributed by atoms with Crippen molar-refractivity contribution >= 4 is 39.6 Å². The maximum Gasteiger partial charge on any atom is 0.410 e. The first-order valence-corrected chi connectivity index (χ1v) is 17.3. The summed E-state index contributed by atoms with van der Waals surface area (Å²) in [7, 11) is 1.73. The van der Waals surface area contributed by atoms with E-state index in [-0.39, 0.29) is 31.2 Å². The molecule has 49 heavy (non-hydrogen) atoms. The Hall–Kier alpha value is -4.38. The first-order valence-electron chi connectivity index (χ1n) is 16.5. The fourth-order valence-corrected chi connectivity index (χ4v) is 6.75. The van der Waals surface area contributed by atoms with E-state index in [1.165, 1.54) is 21.9 Å². The Labute approximate surface area is 295 Å². The second-order valence-electron chi connectivity index (χ2n) is 13.5. The molecule has 9 nitrogen and oxygen atoms in total. The average molecular weight is 737 g/mol. The summed E-state index contributed by atoms with van der Waals surface area (Å²) in [5, 5.41) is 10.4. The molecule has 1 saturated heterocycles. The van der Waals surface area contributed by atoms with Gasteiger partial charge >= 0.3 is 12.2 Å². The zero-order chi connectivity index (χ0) is 35.3. The second kappa shape index (κ2) is 15.4. The van der Waals surface area contributed by atoms with Crippen LogP contribution in [0.2, 0.25) is 0 Å². The molecule has 0 spiro atoms. The van der Waals surface area contributed by atoms with Crippen LogP contribution in [0, 0.1) is 5.82 Å². The number of hydrogen-bond acceptors (Lipinski definition) is 5. The molecule has 1 fully saturated rings. The zero-order valence-electron chi connectivity index (χ0n) is 28.3. The van der Waals surface area contributed by atoms with Crippen molar-refractivity contribution in [2.75, 3.05) is 33.3 Å². The summed E-state index contributed by atoms with van der Waals surface area (Å²) in [5.74, 6) is -0.174. The van der Waals surface area contributed by atoms with Crippen LogP contribution in [0.5, 0.6) is 5.75 Å². The number of rotatable bonds is 10. The van der Waals surface area contributed by atoms with E-state index >= 15 is 0 Å². The number of carbonyl (C=O) groups excluding carboxylic acids is 2. The van der Waals surface area contributed by atoms with Crippen molar-refractivity contribution in [3.8, 4) is 5.75 Å². The van der Waals surface area contributed by atoms with E-state index in [4.69, 9.17) is 9.47 Å². The fraction of sp³-hybridized carbons (Fsp3) is 0.395. The number of ether oxygens (including phenoxy) is 2. The fourth-order valence-electron chi connectivity index (χ4n) is 6.39. The molecule has 3 amide bonds. The Balaban J connectivity index is 1.40. The molecule has 2 heterocycles. The molecule has 0 aromatic heterocycles. The number of nitrogens with zero attached hydrogens (tertiary/aromatic N) is 3. The standard InChI is InChI=1S/C38H43BrFN3O6/c1-38(2,3)49-37(47)42-23-29-22-30(27-14-12-26(13-15-27)11-8-20-48-33-21-28(40)16-17-31(33)39)34(32(24-42)43(29)36(45)46)35(44)41(4)19-18-25-9-6-5-7-10-25/h5-7,9-10,12-17,21,29,32H,8,11,18-20,22-24H2,1-4H3,(H,45,46)/t29-,32-/m1/s1. The Kier molecular flexibility index (Phi) is 11.3. The molecule has 1 N–H and O–H groups in total. The third-order valence-electron chi connectivity index (χ3n) is 8.74. The Bertz CT molecular complexity index is 1690. The quantitative estimate of drug-likeness (QED) is 0.218. The van der Waals surface area contributed by atoms with Gasteiger partial charge < -0.3 is 24.4 Å². The van der Waals surface area contributed by atoms with Crippen molar-refractivity contribution < 1.29 is 33.4 Å². The maximum absolute atomic E-state index is 14.4. The summed E-state index contributed by atoms with van der Waals surface area (Å²) < 4.78 is 25.7. The van der Waals surface area contributed by atoms with E-state index in [1.807, 2.05) is 54.6 Å². The number of amides is 3. The van der Waals surface area contributed by atoms with Crippen molar-refractivity contribution in [3.63, 3.8) is 0 Å². The van der Waals surface area contributed by atoms with Gasteiger partial charge in [-0.25, -0.2) is 14.0 Å². The molecule has 2 aliphatic rings. The van der Waals surface area contributed by atoms with Gasteiger partial charge in [0.05, 0.1) is 23.2 Å². The highest BCUT2D eigenvalue weighted by molar-refractivity contribution is 9.10. The van der Waals surface area contributed by atoms with Gasteiger partial charge in [-0.3, -0.25) is 9.69 Å². The molecule has 260 valence electrons. The van der Waals surface area contributed by atoms with E-state index < -0.39 is 29.9 Å². The normalized spacial score (nSPS) is 17.5. The van der Waals surface area contributed by atoms with E-state index in [9.17, 15) is 23.9 Å². The number of likely N-dealkylation sites (N-methyl/N-ethyl adjacent to an activating group) is 1. The summed E-state index contributed by atoms with van der Waals surface area (Å²) in [5.41, 5.74) is 3.44. The van der Waals surface area contributed by atoms with E-state index in [0.29, 0.717) is 41.8 Å². The Morgan fingerprint density at radius 1 is 0.980 bits per heavy atom. The smallest absolute Gasteiger partial charge is 0.410 e. The van der Waals surface area contributed by atoms with Crippen LogP contribution in [0.25, 0.3) is 5.57 Å². The third kappa shape index (κ3) is 9.00. The van der Waals surface area contributed by atoms with Gasteiger partial charge in [-0.05, 0) is 96.8 Å². The molecule has 0 unspecified atom stereocenters. The van der Waals surface area contributed by atoms with Crippen LogP contribution in [-0.4, -0.2) is 88.9 Å². The van der Waals surface area contributed by atoms with Gasteiger partial charge in [0.15, 0.2) is 0 Å². The lowest BCUT2D eigenvalue weighted by molar-refractivity contribution is -0.127. The van der Waals surface area contributed by atoms with Crippen LogP contribution >= 0.6 is 15.9 Å². The number of carbonyl (C=O) groups is 3. The molecule has 3 aromatic carbocycles. The van der Waals surface area contributed by atoms with Gasteiger partial charge in [0.25, 0.3) is 5.91 Å². The van der Waals surface area contributed by atoms with Crippen LogP contribution in [0.4, 0.5) is 14.0 Å². The van der Waals surface area contributed by atoms with Crippen LogP contribution in [0.15, 0.2) is 82.8 Å². The van der Waals surface area contributed by atoms with Gasteiger partial charge in [-0.1, -0.05) is 54.6 Å². The SMILES string of the molecule is CN(CCc1ccccc1)C(=O)C1=C(c2ccc(CCCOc3cc(F)ccc3Br)cc2)C[C@@H]2CN(C(=O)OC(C)(C)C)C[C@H]1N2C(=O)O. The van der Waals surface area contributed by atoms with Gasteiger partial charge in [-0.2, -0.15) is 0 Å². The van der Waals surface area contributed by atoms with Crippen LogP contribution in [-0.2, 0) is 22.4 Å². The molecular weight excluding hydrogens is 693 g/mol. The summed E-state index contributed by atoms with van der Waals surface area (Å²) in [6.07, 6.45) is 0.685. The second-order valence-corrected chi connectivity index (χ2v) is 14.4. The molecule has 0 radical (unpaired) electrons. The minimum Gasteiger partial charge on any atom is -0.492 e. The number of fused-ring (bicyclic) bond motifs is 2. The molecule has 5 rings (SSSR count). The summed E-state index contributed by atoms with van der Waals surface area (Å²) in [4.78, 5) is 44.7. The van der Waals surface area contributed by atoms with E-state index in [1.54, 1.807) is 38.8 Å². The maximum atomic E-state index is 14.4. The molecule has 0 aliphatic carbocycles. The van der Waals surface area contributed by atoms with Crippen LogP contribution < -0.4 is 4.74 Å². The van der Waals surface area contributed by atoms with Crippen molar-refractivity contribution in [3.05, 3.63) is 105 Å². The van der Waals surface area contributed by atoms with Crippen molar-refractivity contribution in [2.45, 2.75) is 64.1 Å². The lowest BCUT2D eigenvalue weighted by atomic mass is 9.81. The van der Waals surface area contributed by atoms with Crippen LogP contribution in [0.3, 0.4) is 0 Å². The topological polar surface area (TPSA) is 99.6 Å². The summed E-state index contributed by atoms with van der Waals surface area (Å²) >= 11 is 3.38. The first kappa shape index (κ1) is 35.9. The van der Waals surface area contributed by atoms with Gasteiger partial charge in [0, 0.05) is 38.3 Å². The monoisotopic (exact) mass is 735 g/mol. The molecule has 2 aliphatic heterocycles. The molecule has 2 atom stereocenters. The van der Waals surface area contributed by atoms with Gasteiger partial charge in [-0.15, -0.1) is 0 Å². The average Bonchev–Trinajstić information content (AvgIpc) is 3.06. The highest BCUT2D eigenvalue weighted by Crippen LogP contribution is 2.39. The Morgan fingerprint density at radius 3 is 2.35 bits per heavy atom. The first-order chi connectivity index (χ1) is 23.3. The minimum atomic E-state index is -1.13. The molecular formula is C38H43BrFN3O6. The number of carboxylic acid groups (broad SMARTS) is 1.